The van der Waals surface area contributed by atoms with Gasteiger partial charge in [0.05, 0.1) is 6.10 Å². The molecule has 92 valence electrons. The van der Waals surface area contributed by atoms with Crippen LogP contribution in [0.4, 0.5) is 0 Å². The van der Waals surface area contributed by atoms with E-state index in [1.54, 1.807) is 6.92 Å². The second-order valence-corrected chi connectivity index (χ2v) is 4.44. The van der Waals surface area contributed by atoms with Gasteiger partial charge in [-0.3, -0.25) is 0 Å². The molecule has 0 spiro atoms. The zero-order valence-electron chi connectivity index (χ0n) is 10.3. The van der Waals surface area contributed by atoms with E-state index in [1.807, 2.05) is 36.7 Å². The average molecular weight is 235 g/mol. The normalized spacial score (nSPS) is 13.2. The fourth-order valence-electron chi connectivity index (χ4n) is 1.66. The Hall–Kier alpha value is -1.62. The van der Waals surface area contributed by atoms with E-state index in [2.05, 4.69) is 10.1 Å². The van der Waals surface area contributed by atoms with Crippen LogP contribution in [0.25, 0.3) is 0 Å². The first-order valence-electron chi connectivity index (χ1n) is 5.73. The van der Waals surface area contributed by atoms with Crippen molar-refractivity contribution >= 4 is 0 Å². The second kappa shape index (κ2) is 4.71. The number of nitrogens with zero attached hydrogens (tertiary/aromatic N) is 3. The van der Waals surface area contributed by atoms with Crippen LogP contribution < -0.4 is 0 Å². The quantitative estimate of drug-likeness (QED) is 0.881. The third-order valence-corrected chi connectivity index (χ3v) is 2.60. The lowest BCUT2D eigenvalue weighted by Gasteiger charge is -2.08. The molecule has 0 radical (unpaired) electrons. The van der Waals surface area contributed by atoms with Gasteiger partial charge in [0.15, 0.2) is 5.82 Å². The van der Waals surface area contributed by atoms with E-state index >= 15 is 0 Å². The van der Waals surface area contributed by atoms with Crippen LogP contribution in [0, 0.1) is 0 Å². The topological polar surface area (TPSA) is 64.1 Å². The maximum Gasteiger partial charge on any atom is 0.246 e. The Kier molecular flexibility index (Phi) is 3.28. The van der Waals surface area contributed by atoms with Gasteiger partial charge in [0.1, 0.15) is 6.54 Å². The minimum absolute atomic E-state index is 0.258. The number of aliphatic hydroxyl groups is 1. The average Bonchev–Trinajstić information content (AvgIpc) is 2.86. The number of hydrogen-bond acceptors (Lipinski definition) is 4. The number of rotatable bonds is 4. The van der Waals surface area contributed by atoms with Gasteiger partial charge in [0.25, 0.3) is 0 Å². The fraction of sp³-hybridized carbons (Fsp3) is 0.500. The maximum absolute atomic E-state index is 9.58. The maximum atomic E-state index is 9.58. The Bertz CT molecular complexity index is 485. The molecule has 5 heteroatoms. The number of aromatic nitrogens is 3. The molecule has 0 aliphatic rings. The third kappa shape index (κ3) is 2.55. The molecule has 0 aliphatic heterocycles. The van der Waals surface area contributed by atoms with E-state index in [0.29, 0.717) is 18.3 Å². The van der Waals surface area contributed by atoms with Crippen molar-refractivity contribution in [2.75, 3.05) is 0 Å². The summed E-state index contributed by atoms with van der Waals surface area (Å²) in [5, 5.41) is 13.5. The van der Waals surface area contributed by atoms with Crippen molar-refractivity contribution in [3.8, 4) is 0 Å². The molecule has 0 amide bonds. The summed E-state index contributed by atoms with van der Waals surface area (Å²) in [4.78, 5) is 4.30. The molecular formula is C12H17N3O2. The molecule has 2 heterocycles. The van der Waals surface area contributed by atoms with E-state index in [4.69, 9.17) is 4.52 Å². The van der Waals surface area contributed by atoms with Crippen LogP contribution in [0.5, 0.6) is 0 Å². The van der Waals surface area contributed by atoms with Crippen molar-refractivity contribution < 1.29 is 9.63 Å². The van der Waals surface area contributed by atoms with Gasteiger partial charge in [-0.15, -0.1) is 0 Å². The Labute approximate surface area is 100 Å². The van der Waals surface area contributed by atoms with Crippen LogP contribution in [0.2, 0.25) is 0 Å². The van der Waals surface area contributed by atoms with Gasteiger partial charge in [-0.25, -0.2) is 0 Å². The van der Waals surface area contributed by atoms with Gasteiger partial charge in [-0.2, -0.15) is 4.98 Å². The summed E-state index contributed by atoms with van der Waals surface area (Å²) in [6, 6.07) is 3.77. The standard InChI is InChI=1S/C12H17N3O2/c1-8(2)12-13-11(17-14-12)7-15-6-4-5-10(15)9(3)16/h4-6,8-9,16H,7H2,1-3H3. The molecule has 1 atom stereocenters. The molecule has 2 aromatic rings. The van der Waals surface area contributed by atoms with Crippen molar-refractivity contribution in [3.05, 3.63) is 35.7 Å². The van der Waals surface area contributed by atoms with E-state index in [1.165, 1.54) is 0 Å². The van der Waals surface area contributed by atoms with Crippen LogP contribution in [0.15, 0.2) is 22.9 Å². The third-order valence-electron chi connectivity index (χ3n) is 2.60. The second-order valence-electron chi connectivity index (χ2n) is 4.44. The van der Waals surface area contributed by atoms with Crippen molar-refractivity contribution in [2.45, 2.75) is 39.3 Å². The van der Waals surface area contributed by atoms with E-state index in [9.17, 15) is 5.11 Å². The summed E-state index contributed by atoms with van der Waals surface area (Å²) in [5.74, 6) is 1.53. The molecule has 0 fully saturated rings. The van der Waals surface area contributed by atoms with Crippen LogP contribution in [0.3, 0.4) is 0 Å². The number of aliphatic hydroxyl groups excluding tert-OH is 1. The predicted octanol–water partition coefficient (Wildman–Crippen LogP) is 2.10. The fourth-order valence-corrected chi connectivity index (χ4v) is 1.66. The lowest BCUT2D eigenvalue weighted by molar-refractivity contribution is 0.189. The van der Waals surface area contributed by atoms with Gasteiger partial charge in [-0.1, -0.05) is 19.0 Å². The molecule has 17 heavy (non-hydrogen) atoms. The van der Waals surface area contributed by atoms with E-state index in [0.717, 1.165) is 5.69 Å². The van der Waals surface area contributed by atoms with Gasteiger partial charge in [-0.05, 0) is 19.1 Å². The minimum Gasteiger partial charge on any atom is -0.387 e. The summed E-state index contributed by atoms with van der Waals surface area (Å²) in [6.45, 7) is 6.27. The zero-order chi connectivity index (χ0) is 12.4. The molecule has 0 saturated carbocycles. The van der Waals surface area contributed by atoms with Crippen LogP contribution in [-0.4, -0.2) is 19.8 Å². The van der Waals surface area contributed by atoms with Crippen LogP contribution >= 0.6 is 0 Å². The van der Waals surface area contributed by atoms with Crippen molar-refractivity contribution in [1.29, 1.82) is 0 Å². The Morgan fingerprint density at radius 2 is 2.18 bits per heavy atom. The molecule has 1 unspecified atom stereocenters. The summed E-state index contributed by atoms with van der Waals surface area (Å²) in [5.41, 5.74) is 0.842. The summed E-state index contributed by atoms with van der Waals surface area (Å²) in [6.07, 6.45) is 1.39. The molecule has 0 saturated heterocycles. The Morgan fingerprint density at radius 3 is 2.76 bits per heavy atom. The molecule has 0 aliphatic carbocycles. The van der Waals surface area contributed by atoms with Gasteiger partial charge >= 0.3 is 0 Å². The van der Waals surface area contributed by atoms with Crippen molar-refractivity contribution in [3.63, 3.8) is 0 Å². The zero-order valence-corrected chi connectivity index (χ0v) is 10.3. The molecule has 1 N–H and O–H groups in total. The van der Waals surface area contributed by atoms with E-state index in [-0.39, 0.29) is 5.92 Å². The lowest BCUT2D eigenvalue weighted by atomic mass is 10.2. The Balaban J connectivity index is 2.17. The Morgan fingerprint density at radius 1 is 1.41 bits per heavy atom. The first kappa shape index (κ1) is 11.9. The van der Waals surface area contributed by atoms with Gasteiger partial charge in [0.2, 0.25) is 5.89 Å². The van der Waals surface area contributed by atoms with Crippen LogP contribution in [-0.2, 0) is 6.54 Å². The lowest BCUT2D eigenvalue weighted by Crippen LogP contribution is -2.06. The SMILES string of the molecule is CC(C)c1noc(Cn2cccc2C(C)O)n1. The van der Waals surface area contributed by atoms with E-state index < -0.39 is 6.10 Å². The monoisotopic (exact) mass is 235 g/mol. The van der Waals surface area contributed by atoms with Crippen molar-refractivity contribution in [1.82, 2.24) is 14.7 Å². The van der Waals surface area contributed by atoms with Crippen LogP contribution in [0.1, 0.15) is 50.2 Å². The first-order valence-corrected chi connectivity index (χ1v) is 5.73. The molecule has 2 rings (SSSR count). The smallest absolute Gasteiger partial charge is 0.246 e. The molecule has 0 bridgehead atoms. The highest BCUT2D eigenvalue weighted by Gasteiger charge is 2.12. The van der Waals surface area contributed by atoms with Gasteiger partial charge < -0.3 is 14.2 Å². The van der Waals surface area contributed by atoms with Crippen molar-refractivity contribution in [2.24, 2.45) is 0 Å². The summed E-state index contributed by atoms with van der Waals surface area (Å²) in [7, 11) is 0. The summed E-state index contributed by atoms with van der Waals surface area (Å²) < 4.78 is 7.08. The molecule has 2 aromatic heterocycles. The highest BCUT2D eigenvalue weighted by atomic mass is 16.5. The minimum atomic E-state index is -0.502. The largest absolute Gasteiger partial charge is 0.387 e. The summed E-state index contributed by atoms with van der Waals surface area (Å²) >= 11 is 0. The molecule has 5 nitrogen and oxygen atoms in total. The first-order chi connectivity index (χ1) is 8.08. The number of hydrogen-bond donors (Lipinski definition) is 1. The highest BCUT2D eigenvalue weighted by Crippen LogP contribution is 2.15. The predicted molar refractivity (Wildman–Crippen MR) is 62.6 cm³/mol. The molecular weight excluding hydrogens is 218 g/mol. The van der Waals surface area contributed by atoms with Gasteiger partial charge in [0, 0.05) is 17.8 Å². The highest BCUT2D eigenvalue weighted by molar-refractivity contribution is 5.10. The molecule has 0 aromatic carbocycles.